The SMILES string of the molecule is Cn1cc(CN2CC[C@H]3OCC[C@@H](C(=O)NCC4CC4)[C@H]3C2)cn1.O=C(O)C(F)(F)F. The molecule has 4 rings (SSSR count). The molecule has 1 amide bonds. The highest BCUT2D eigenvalue weighted by molar-refractivity contribution is 5.79. The fourth-order valence-electron chi connectivity index (χ4n) is 4.16. The second kappa shape index (κ2) is 9.99. The quantitative estimate of drug-likeness (QED) is 0.716. The number of rotatable bonds is 5. The summed E-state index contributed by atoms with van der Waals surface area (Å²) in [6, 6.07) is 0. The first-order chi connectivity index (χ1) is 14.6. The summed E-state index contributed by atoms with van der Waals surface area (Å²) in [5.41, 5.74) is 1.24. The zero-order valence-electron chi connectivity index (χ0n) is 17.5. The van der Waals surface area contributed by atoms with Gasteiger partial charge in [0, 0.05) is 63.4 Å². The van der Waals surface area contributed by atoms with Crippen LogP contribution in [0.25, 0.3) is 0 Å². The van der Waals surface area contributed by atoms with Crippen LogP contribution in [-0.4, -0.2) is 70.2 Å². The van der Waals surface area contributed by atoms with E-state index in [2.05, 4.69) is 21.5 Å². The lowest BCUT2D eigenvalue weighted by molar-refractivity contribution is -0.192. The number of aryl methyl sites for hydroxylation is 1. The third-order valence-corrected chi connectivity index (χ3v) is 5.96. The highest BCUT2D eigenvalue weighted by atomic mass is 19.4. The van der Waals surface area contributed by atoms with Gasteiger partial charge in [-0.1, -0.05) is 0 Å². The van der Waals surface area contributed by atoms with Crippen LogP contribution in [0.5, 0.6) is 0 Å². The van der Waals surface area contributed by atoms with Crippen LogP contribution < -0.4 is 5.32 Å². The normalized spacial score (nSPS) is 26.4. The summed E-state index contributed by atoms with van der Waals surface area (Å²) < 4.78 is 39.6. The van der Waals surface area contributed by atoms with Crippen LogP contribution in [0.15, 0.2) is 12.4 Å². The number of ether oxygens (including phenoxy) is 1. The predicted octanol–water partition coefficient (Wildman–Crippen LogP) is 1.81. The number of likely N-dealkylation sites (tertiary alicyclic amines) is 1. The van der Waals surface area contributed by atoms with Gasteiger partial charge in [-0.05, 0) is 31.6 Å². The van der Waals surface area contributed by atoms with Gasteiger partial charge in [0.25, 0.3) is 0 Å². The van der Waals surface area contributed by atoms with Gasteiger partial charge in [0.2, 0.25) is 5.91 Å². The standard InChI is InChI=1S/C18H28N4O2.C2HF3O2/c1-21-10-14(9-20-21)11-22-6-4-17-16(12-22)15(5-7-24-17)18(23)19-8-13-2-3-13;3-2(4,5)1(6)7/h9-10,13,15-17H,2-8,11-12H2,1H3,(H,19,23);(H,6,7)/t15-,16-,17-;/m1./s1. The maximum atomic E-state index is 12.7. The molecule has 1 aromatic heterocycles. The van der Waals surface area contributed by atoms with E-state index in [9.17, 15) is 18.0 Å². The van der Waals surface area contributed by atoms with Crippen molar-refractivity contribution < 1.29 is 32.6 Å². The molecule has 0 spiro atoms. The summed E-state index contributed by atoms with van der Waals surface area (Å²) >= 11 is 0. The lowest BCUT2D eigenvalue weighted by Crippen LogP contribution is -2.53. The molecule has 0 radical (unpaired) electrons. The Balaban J connectivity index is 0.000000339. The minimum Gasteiger partial charge on any atom is -0.475 e. The van der Waals surface area contributed by atoms with E-state index in [0.29, 0.717) is 5.92 Å². The number of carbonyl (C=O) groups excluding carboxylic acids is 1. The van der Waals surface area contributed by atoms with E-state index in [0.717, 1.165) is 51.5 Å². The highest BCUT2D eigenvalue weighted by Crippen LogP contribution is 2.34. The number of carboxylic acid groups (broad SMARTS) is 1. The van der Waals surface area contributed by atoms with Gasteiger partial charge in [-0.25, -0.2) is 4.79 Å². The molecule has 31 heavy (non-hydrogen) atoms. The molecule has 0 unspecified atom stereocenters. The molecule has 1 saturated carbocycles. The number of amides is 1. The minimum absolute atomic E-state index is 0.110. The summed E-state index contributed by atoms with van der Waals surface area (Å²) in [4.78, 5) is 24.0. The molecule has 0 aromatic carbocycles. The Bertz CT molecular complexity index is 766. The van der Waals surface area contributed by atoms with Crippen LogP contribution >= 0.6 is 0 Å². The van der Waals surface area contributed by atoms with E-state index in [1.54, 1.807) is 0 Å². The monoisotopic (exact) mass is 446 g/mol. The molecule has 1 aliphatic carbocycles. The first-order valence-electron chi connectivity index (χ1n) is 10.5. The molecule has 0 bridgehead atoms. The van der Waals surface area contributed by atoms with Gasteiger partial charge < -0.3 is 15.2 Å². The molecular weight excluding hydrogens is 417 g/mol. The summed E-state index contributed by atoms with van der Waals surface area (Å²) in [6.45, 7) is 4.49. The van der Waals surface area contributed by atoms with Crippen molar-refractivity contribution in [1.29, 1.82) is 0 Å². The summed E-state index contributed by atoms with van der Waals surface area (Å²) in [5, 5.41) is 14.6. The molecule has 11 heteroatoms. The van der Waals surface area contributed by atoms with E-state index in [1.807, 2.05) is 17.9 Å². The number of alkyl halides is 3. The van der Waals surface area contributed by atoms with E-state index in [1.165, 1.54) is 18.4 Å². The highest BCUT2D eigenvalue weighted by Gasteiger charge is 2.42. The Morgan fingerprint density at radius 3 is 2.58 bits per heavy atom. The van der Waals surface area contributed by atoms with Crippen LogP contribution in [0, 0.1) is 17.8 Å². The molecule has 8 nitrogen and oxygen atoms in total. The molecule has 1 aromatic rings. The number of fused-ring (bicyclic) bond motifs is 1. The van der Waals surface area contributed by atoms with Crippen LogP contribution in [-0.2, 0) is 27.9 Å². The number of halogens is 3. The molecule has 3 heterocycles. The first kappa shape index (κ1) is 23.5. The fraction of sp³-hybridized carbons (Fsp3) is 0.750. The molecule has 3 fully saturated rings. The van der Waals surface area contributed by atoms with E-state index in [4.69, 9.17) is 14.6 Å². The van der Waals surface area contributed by atoms with Crippen LogP contribution in [0.2, 0.25) is 0 Å². The lowest BCUT2D eigenvalue weighted by Gasteiger charge is -2.44. The van der Waals surface area contributed by atoms with Crippen LogP contribution in [0.4, 0.5) is 13.2 Å². The molecular formula is C20H29F3N4O4. The van der Waals surface area contributed by atoms with Crippen molar-refractivity contribution in [3.8, 4) is 0 Å². The Morgan fingerprint density at radius 2 is 2.00 bits per heavy atom. The van der Waals surface area contributed by atoms with Crippen LogP contribution in [0.3, 0.4) is 0 Å². The summed E-state index contributed by atoms with van der Waals surface area (Å²) in [7, 11) is 1.95. The lowest BCUT2D eigenvalue weighted by atomic mass is 9.79. The summed E-state index contributed by atoms with van der Waals surface area (Å²) in [6.07, 6.45) is 3.61. The van der Waals surface area contributed by atoms with Crippen molar-refractivity contribution >= 4 is 11.9 Å². The average Bonchev–Trinajstić information content (AvgIpc) is 3.46. The third-order valence-electron chi connectivity index (χ3n) is 5.96. The Labute approximate surface area is 178 Å². The second-order valence-electron chi connectivity index (χ2n) is 8.51. The number of aromatic nitrogens is 2. The molecule has 3 atom stereocenters. The van der Waals surface area contributed by atoms with Gasteiger partial charge in [0.1, 0.15) is 0 Å². The minimum atomic E-state index is -5.08. The number of carbonyl (C=O) groups is 2. The molecule has 2 N–H and O–H groups in total. The first-order valence-corrected chi connectivity index (χ1v) is 10.5. The number of carboxylic acids is 1. The van der Waals surface area contributed by atoms with Gasteiger partial charge >= 0.3 is 12.1 Å². The van der Waals surface area contributed by atoms with Crippen molar-refractivity contribution in [3.63, 3.8) is 0 Å². The predicted molar refractivity (Wildman–Crippen MR) is 104 cm³/mol. The fourth-order valence-corrected chi connectivity index (χ4v) is 4.16. The van der Waals surface area contributed by atoms with E-state index < -0.39 is 12.1 Å². The van der Waals surface area contributed by atoms with Crippen molar-refractivity contribution in [3.05, 3.63) is 18.0 Å². The average molecular weight is 446 g/mol. The van der Waals surface area contributed by atoms with Crippen molar-refractivity contribution in [2.24, 2.45) is 24.8 Å². The maximum Gasteiger partial charge on any atom is 0.490 e. The number of aliphatic carboxylic acids is 1. The number of nitrogens with zero attached hydrogens (tertiary/aromatic N) is 3. The van der Waals surface area contributed by atoms with Crippen molar-refractivity contribution in [2.45, 2.75) is 44.5 Å². The van der Waals surface area contributed by atoms with Gasteiger partial charge in [-0.15, -0.1) is 0 Å². The molecule has 3 aliphatic rings. The van der Waals surface area contributed by atoms with E-state index >= 15 is 0 Å². The number of nitrogens with one attached hydrogen (secondary N) is 1. The Morgan fingerprint density at radius 1 is 1.29 bits per heavy atom. The Hall–Kier alpha value is -2.14. The largest absolute Gasteiger partial charge is 0.490 e. The van der Waals surface area contributed by atoms with Gasteiger partial charge in [-0.3, -0.25) is 14.4 Å². The molecule has 2 aliphatic heterocycles. The zero-order valence-corrected chi connectivity index (χ0v) is 17.5. The second-order valence-corrected chi connectivity index (χ2v) is 8.51. The van der Waals surface area contributed by atoms with E-state index in [-0.39, 0.29) is 17.9 Å². The maximum absolute atomic E-state index is 12.7. The number of piperidine rings is 1. The van der Waals surface area contributed by atoms with Gasteiger partial charge in [0.05, 0.1) is 12.3 Å². The van der Waals surface area contributed by atoms with Crippen LogP contribution in [0.1, 0.15) is 31.2 Å². The number of hydrogen-bond donors (Lipinski definition) is 2. The smallest absolute Gasteiger partial charge is 0.475 e. The Kier molecular flexibility index (Phi) is 7.58. The van der Waals surface area contributed by atoms with Crippen molar-refractivity contribution in [1.82, 2.24) is 20.0 Å². The van der Waals surface area contributed by atoms with Gasteiger partial charge in [0.15, 0.2) is 0 Å². The molecule has 174 valence electrons. The zero-order chi connectivity index (χ0) is 22.6. The third kappa shape index (κ3) is 6.93. The molecule has 2 saturated heterocycles. The topological polar surface area (TPSA) is 96.7 Å². The summed E-state index contributed by atoms with van der Waals surface area (Å²) in [5.74, 6) is -1.34. The van der Waals surface area contributed by atoms with Crippen molar-refractivity contribution in [2.75, 3.05) is 26.2 Å². The number of hydrogen-bond acceptors (Lipinski definition) is 5. The van der Waals surface area contributed by atoms with Gasteiger partial charge in [-0.2, -0.15) is 18.3 Å².